The fourth-order valence-corrected chi connectivity index (χ4v) is 1.96. The zero-order valence-corrected chi connectivity index (χ0v) is 11.2. The number of anilines is 1. The van der Waals surface area contributed by atoms with E-state index in [9.17, 15) is 0 Å². The van der Waals surface area contributed by atoms with Crippen LogP contribution in [0.5, 0.6) is 11.5 Å². The van der Waals surface area contributed by atoms with Crippen LogP contribution in [0.3, 0.4) is 0 Å². The van der Waals surface area contributed by atoms with Crippen molar-refractivity contribution in [1.82, 2.24) is 9.59 Å². The highest BCUT2D eigenvalue weighted by molar-refractivity contribution is 7.03. The molecule has 1 N–H and O–H groups in total. The molecule has 0 aliphatic rings. The van der Waals surface area contributed by atoms with Gasteiger partial charge in [-0.3, -0.25) is 0 Å². The molecule has 0 bridgehead atoms. The van der Waals surface area contributed by atoms with Gasteiger partial charge in [-0.1, -0.05) is 4.49 Å². The van der Waals surface area contributed by atoms with Gasteiger partial charge in [0.25, 0.3) is 0 Å². The summed E-state index contributed by atoms with van der Waals surface area (Å²) in [5.74, 6) is 1.47. The Labute approximate surface area is 110 Å². The lowest BCUT2D eigenvalue weighted by Crippen LogP contribution is -2.01. The second kappa shape index (κ2) is 6.20. The van der Waals surface area contributed by atoms with Gasteiger partial charge in [0, 0.05) is 17.1 Å². The SMILES string of the molecule is CCOc1ccc(NCc2csnn2)cc1OC. The van der Waals surface area contributed by atoms with Crippen LogP contribution in [0.1, 0.15) is 12.6 Å². The van der Waals surface area contributed by atoms with Crippen LogP contribution in [-0.2, 0) is 6.54 Å². The van der Waals surface area contributed by atoms with Crippen LogP contribution in [0.25, 0.3) is 0 Å². The van der Waals surface area contributed by atoms with Gasteiger partial charge in [-0.15, -0.1) is 5.10 Å². The number of ether oxygens (including phenoxy) is 2. The van der Waals surface area contributed by atoms with Crippen molar-refractivity contribution in [3.63, 3.8) is 0 Å². The molecule has 6 heteroatoms. The monoisotopic (exact) mass is 265 g/mol. The maximum absolute atomic E-state index is 5.46. The maximum atomic E-state index is 5.46. The molecule has 0 saturated carbocycles. The van der Waals surface area contributed by atoms with E-state index in [1.807, 2.05) is 30.5 Å². The molecule has 5 nitrogen and oxygen atoms in total. The fourth-order valence-electron chi connectivity index (χ4n) is 1.51. The Hall–Kier alpha value is -1.82. The summed E-state index contributed by atoms with van der Waals surface area (Å²) in [6.07, 6.45) is 0. The molecule has 0 fully saturated rings. The van der Waals surface area contributed by atoms with E-state index >= 15 is 0 Å². The van der Waals surface area contributed by atoms with E-state index in [4.69, 9.17) is 9.47 Å². The van der Waals surface area contributed by atoms with Crippen molar-refractivity contribution in [1.29, 1.82) is 0 Å². The molecule has 2 rings (SSSR count). The summed E-state index contributed by atoms with van der Waals surface area (Å²) < 4.78 is 14.6. The first-order valence-electron chi connectivity index (χ1n) is 5.64. The van der Waals surface area contributed by atoms with Crippen LogP contribution in [0.15, 0.2) is 23.6 Å². The number of benzene rings is 1. The van der Waals surface area contributed by atoms with E-state index in [0.717, 1.165) is 22.9 Å². The normalized spacial score (nSPS) is 10.1. The van der Waals surface area contributed by atoms with E-state index in [2.05, 4.69) is 14.9 Å². The summed E-state index contributed by atoms with van der Waals surface area (Å²) in [4.78, 5) is 0. The molecule has 96 valence electrons. The molecule has 0 spiro atoms. The van der Waals surface area contributed by atoms with Gasteiger partial charge >= 0.3 is 0 Å². The first-order chi connectivity index (χ1) is 8.83. The summed E-state index contributed by atoms with van der Waals surface area (Å²) >= 11 is 1.35. The van der Waals surface area contributed by atoms with Crippen LogP contribution >= 0.6 is 11.5 Å². The molecule has 0 aliphatic carbocycles. The lowest BCUT2D eigenvalue weighted by atomic mass is 10.2. The minimum Gasteiger partial charge on any atom is -0.493 e. The third kappa shape index (κ3) is 3.10. The van der Waals surface area contributed by atoms with Crippen molar-refractivity contribution in [2.75, 3.05) is 19.0 Å². The van der Waals surface area contributed by atoms with Crippen molar-refractivity contribution in [2.45, 2.75) is 13.5 Å². The minimum absolute atomic E-state index is 0.619. The molecule has 0 atom stereocenters. The van der Waals surface area contributed by atoms with Crippen LogP contribution in [0.2, 0.25) is 0 Å². The van der Waals surface area contributed by atoms with E-state index in [-0.39, 0.29) is 0 Å². The first-order valence-corrected chi connectivity index (χ1v) is 6.47. The molecule has 0 unspecified atom stereocenters. The minimum atomic E-state index is 0.619. The predicted molar refractivity (Wildman–Crippen MR) is 71.4 cm³/mol. The number of rotatable bonds is 6. The molecule has 1 aromatic carbocycles. The Balaban J connectivity index is 2.05. The van der Waals surface area contributed by atoms with Crippen molar-refractivity contribution < 1.29 is 9.47 Å². The van der Waals surface area contributed by atoms with Crippen LogP contribution in [-0.4, -0.2) is 23.3 Å². The average molecular weight is 265 g/mol. The molecule has 1 aromatic heterocycles. The van der Waals surface area contributed by atoms with Gasteiger partial charge in [-0.25, -0.2) is 0 Å². The number of hydrogen-bond donors (Lipinski definition) is 1. The molecular formula is C12H15N3O2S. The Morgan fingerprint density at radius 1 is 1.33 bits per heavy atom. The lowest BCUT2D eigenvalue weighted by Gasteiger charge is -2.11. The van der Waals surface area contributed by atoms with Gasteiger partial charge < -0.3 is 14.8 Å². The fraction of sp³-hybridized carbons (Fsp3) is 0.333. The van der Waals surface area contributed by atoms with Crippen LogP contribution < -0.4 is 14.8 Å². The van der Waals surface area contributed by atoms with Gasteiger partial charge in [0.15, 0.2) is 11.5 Å². The average Bonchev–Trinajstić information content (AvgIpc) is 2.91. The Kier molecular flexibility index (Phi) is 4.35. The lowest BCUT2D eigenvalue weighted by molar-refractivity contribution is 0.311. The van der Waals surface area contributed by atoms with Crippen molar-refractivity contribution in [3.05, 3.63) is 29.3 Å². The number of methoxy groups -OCH3 is 1. The van der Waals surface area contributed by atoms with Crippen molar-refractivity contribution in [3.8, 4) is 11.5 Å². The molecular weight excluding hydrogens is 250 g/mol. The van der Waals surface area contributed by atoms with Crippen molar-refractivity contribution in [2.24, 2.45) is 0 Å². The standard InChI is InChI=1S/C12H15N3O2S/c1-3-17-11-5-4-9(6-12(11)16-2)13-7-10-8-18-15-14-10/h4-6,8,13H,3,7H2,1-2H3. The Morgan fingerprint density at radius 2 is 2.22 bits per heavy atom. The second-order valence-electron chi connectivity index (χ2n) is 3.55. The van der Waals surface area contributed by atoms with E-state index in [1.165, 1.54) is 11.5 Å². The van der Waals surface area contributed by atoms with Gasteiger partial charge in [-0.2, -0.15) is 0 Å². The summed E-state index contributed by atoms with van der Waals surface area (Å²) in [6.45, 7) is 3.21. The third-order valence-electron chi connectivity index (χ3n) is 2.34. The highest BCUT2D eigenvalue weighted by Crippen LogP contribution is 2.30. The number of nitrogens with zero attached hydrogens (tertiary/aromatic N) is 2. The van der Waals surface area contributed by atoms with Crippen molar-refractivity contribution >= 4 is 17.2 Å². The van der Waals surface area contributed by atoms with Gasteiger partial charge in [0.2, 0.25) is 0 Å². The number of hydrogen-bond acceptors (Lipinski definition) is 6. The third-order valence-corrected chi connectivity index (χ3v) is 2.90. The summed E-state index contributed by atoms with van der Waals surface area (Å²) in [6, 6.07) is 5.75. The highest BCUT2D eigenvalue weighted by Gasteiger charge is 2.05. The smallest absolute Gasteiger partial charge is 0.162 e. The molecule has 18 heavy (non-hydrogen) atoms. The van der Waals surface area contributed by atoms with Crippen LogP contribution in [0.4, 0.5) is 5.69 Å². The largest absolute Gasteiger partial charge is 0.493 e. The van der Waals surface area contributed by atoms with Gasteiger partial charge in [-0.05, 0) is 30.6 Å². The molecule has 0 amide bonds. The molecule has 0 radical (unpaired) electrons. The zero-order chi connectivity index (χ0) is 12.8. The maximum Gasteiger partial charge on any atom is 0.162 e. The zero-order valence-electron chi connectivity index (χ0n) is 10.3. The van der Waals surface area contributed by atoms with Gasteiger partial charge in [0.05, 0.1) is 26.0 Å². The number of aromatic nitrogens is 2. The van der Waals surface area contributed by atoms with E-state index in [0.29, 0.717) is 13.2 Å². The molecule has 0 aliphatic heterocycles. The quantitative estimate of drug-likeness (QED) is 0.870. The summed E-state index contributed by atoms with van der Waals surface area (Å²) in [7, 11) is 1.63. The summed E-state index contributed by atoms with van der Waals surface area (Å²) in [5, 5.41) is 9.15. The summed E-state index contributed by atoms with van der Waals surface area (Å²) in [5.41, 5.74) is 1.89. The molecule has 0 saturated heterocycles. The topological polar surface area (TPSA) is 56.3 Å². The first kappa shape index (κ1) is 12.6. The highest BCUT2D eigenvalue weighted by atomic mass is 32.1. The second-order valence-corrected chi connectivity index (χ2v) is 4.16. The predicted octanol–water partition coefficient (Wildman–Crippen LogP) is 2.56. The van der Waals surface area contributed by atoms with Gasteiger partial charge in [0.1, 0.15) is 0 Å². The Morgan fingerprint density at radius 3 is 2.89 bits per heavy atom. The van der Waals surface area contributed by atoms with Crippen LogP contribution in [0, 0.1) is 0 Å². The van der Waals surface area contributed by atoms with E-state index < -0.39 is 0 Å². The van der Waals surface area contributed by atoms with E-state index in [1.54, 1.807) is 7.11 Å². The molecule has 1 heterocycles. The molecule has 2 aromatic rings. The Bertz CT molecular complexity index is 488. The number of nitrogens with one attached hydrogen (secondary N) is 1.